The second-order valence-electron chi connectivity index (χ2n) is 3.64. The number of nitriles is 1. The summed E-state index contributed by atoms with van der Waals surface area (Å²) in [5.74, 6) is 0.0120. The standard InChI is InChI=1S/C13H15N3O2/c1-9(11(7-14)13(15)17)16-8-10-5-3-4-6-12(10)18-2/h3-6,16H,8H2,1-2H3,(H2,15,17)/b11-9+. The predicted molar refractivity (Wildman–Crippen MR) is 67.3 cm³/mol. The molecule has 0 aliphatic carbocycles. The van der Waals surface area contributed by atoms with Gasteiger partial charge >= 0.3 is 0 Å². The van der Waals surface area contributed by atoms with Crippen molar-refractivity contribution in [2.45, 2.75) is 13.5 Å². The number of nitrogens with one attached hydrogen (secondary N) is 1. The van der Waals surface area contributed by atoms with E-state index in [0.29, 0.717) is 12.2 Å². The molecule has 1 aromatic rings. The smallest absolute Gasteiger partial charge is 0.261 e. The first-order valence-corrected chi connectivity index (χ1v) is 5.36. The topological polar surface area (TPSA) is 88.1 Å². The first kappa shape index (κ1) is 13.6. The molecule has 0 aliphatic heterocycles. The number of primary amides is 1. The van der Waals surface area contributed by atoms with Gasteiger partial charge in [0, 0.05) is 17.8 Å². The lowest BCUT2D eigenvalue weighted by Crippen LogP contribution is -2.20. The Kier molecular flexibility index (Phi) is 4.76. The number of allylic oxidation sites excluding steroid dienone is 1. The number of ether oxygens (including phenoxy) is 1. The molecule has 18 heavy (non-hydrogen) atoms. The number of para-hydroxylation sites is 1. The van der Waals surface area contributed by atoms with Gasteiger partial charge in [-0.25, -0.2) is 0 Å². The summed E-state index contributed by atoms with van der Waals surface area (Å²) in [5, 5.41) is 11.8. The molecule has 0 atom stereocenters. The number of hydrogen-bond acceptors (Lipinski definition) is 4. The Bertz CT molecular complexity index is 515. The van der Waals surface area contributed by atoms with Crippen LogP contribution in [0.3, 0.4) is 0 Å². The Morgan fingerprint density at radius 3 is 2.72 bits per heavy atom. The van der Waals surface area contributed by atoms with E-state index in [2.05, 4.69) is 5.32 Å². The predicted octanol–water partition coefficient (Wildman–Crippen LogP) is 1.07. The van der Waals surface area contributed by atoms with Crippen molar-refractivity contribution >= 4 is 5.91 Å². The summed E-state index contributed by atoms with van der Waals surface area (Å²) in [4.78, 5) is 11.0. The van der Waals surface area contributed by atoms with E-state index in [-0.39, 0.29) is 5.57 Å². The van der Waals surface area contributed by atoms with Crippen molar-refractivity contribution in [1.29, 1.82) is 5.26 Å². The Labute approximate surface area is 106 Å². The van der Waals surface area contributed by atoms with Gasteiger partial charge < -0.3 is 15.8 Å². The number of amides is 1. The summed E-state index contributed by atoms with van der Waals surface area (Å²) in [7, 11) is 1.59. The SMILES string of the molecule is COc1ccccc1CN/C(C)=C(\C#N)C(N)=O. The van der Waals surface area contributed by atoms with Gasteiger partial charge in [0.1, 0.15) is 17.4 Å². The molecular weight excluding hydrogens is 230 g/mol. The lowest BCUT2D eigenvalue weighted by atomic mass is 10.2. The minimum absolute atomic E-state index is 0.0649. The fourth-order valence-electron chi connectivity index (χ4n) is 1.49. The Balaban J connectivity index is 2.83. The number of carbonyl (C=O) groups is 1. The van der Waals surface area contributed by atoms with Gasteiger partial charge in [-0.2, -0.15) is 5.26 Å². The lowest BCUT2D eigenvalue weighted by Gasteiger charge is -2.11. The van der Waals surface area contributed by atoms with Gasteiger partial charge in [0.25, 0.3) is 5.91 Å². The summed E-state index contributed by atoms with van der Waals surface area (Å²) in [6.07, 6.45) is 0. The van der Waals surface area contributed by atoms with Gasteiger partial charge in [-0.3, -0.25) is 4.79 Å². The molecular formula is C13H15N3O2. The molecule has 0 radical (unpaired) electrons. The summed E-state index contributed by atoms with van der Waals surface area (Å²) in [6.45, 7) is 2.09. The van der Waals surface area contributed by atoms with Crippen LogP contribution in [0.25, 0.3) is 0 Å². The van der Waals surface area contributed by atoms with Crippen LogP contribution in [0, 0.1) is 11.3 Å². The van der Waals surface area contributed by atoms with Crippen molar-refractivity contribution in [2.24, 2.45) is 5.73 Å². The van der Waals surface area contributed by atoms with Crippen LogP contribution in [0.15, 0.2) is 35.5 Å². The zero-order valence-electron chi connectivity index (χ0n) is 10.4. The first-order chi connectivity index (χ1) is 8.60. The first-order valence-electron chi connectivity index (χ1n) is 5.36. The number of carbonyl (C=O) groups excluding carboxylic acids is 1. The van der Waals surface area contributed by atoms with Crippen LogP contribution < -0.4 is 15.8 Å². The fourth-order valence-corrected chi connectivity index (χ4v) is 1.49. The number of nitrogens with two attached hydrogens (primary N) is 1. The van der Waals surface area contributed by atoms with Crippen LogP contribution in [0.5, 0.6) is 5.75 Å². The van der Waals surface area contributed by atoms with Crippen molar-refractivity contribution in [3.05, 3.63) is 41.1 Å². The molecule has 5 nitrogen and oxygen atoms in total. The molecule has 0 unspecified atom stereocenters. The van der Waals surface area contributed by atoms with Crippen LogP contribution in [-0.4, -0.2) is 13.0 Å². The minimum Gasteiger partial charge on any atom is -0.496 e. The highest BCUT2D eigenvalue weighted by Crippen LogP contribution is 2.17. The highest BCUT2D eigenvalue weighted by Gasteiger charge is 2.09. The van der Waals surface area contributed by atoms with Gasteiger partial charge in [-0.1, -0.05) is 18.2 Å². The van der Waals surface area contributed by atoms with Crippen molar-refractivity contribution in [3.63, 3.8) is 0 Å². The number of benzene rings is 1. The second-order valence-corrected chi connectivity index (χ2v) is 3.64. The number of hydrogen-bond donors (Lipinski definition) is 2. The molecule has 5 heteroatoms. The third kappa shape index (κ3) is 3.25. The van der Waals surface area contributed by atoms with Crippen LogP contribution in [0.2, 0.25) is 0 Å². The van der Waals surface area contributed by atoms with E-state index in [4.69, 9.17) is 15.7 Å². The largest absolute Gasteiger partial charge is 0.496 e. The molecule has 0 bridgehead atoms. The maximum absolute atomic E-state index is 11.0. The lowest BCUT2D eigenvalue weighted by molar-refractivity contribution is -0.114. The van der Waals surface area contributed by atoms with Gasteiger partial charge in [0.15, 0.2) is 0 Å². The van der Waals surface area contributed by atoms with E-state index < -0.39 is 5.91 Å². The second kappa shape index (κ2) is 6.30. The summed E-state index contributed by atoms with van der Waals surface area (Å²) in [5.41, 5.74) is 6.41. The average molecular weight is 245 g/mol. The van der Waals surface area contributed by atoms with E-state index in [1.165, 1.54) is 0 Å². The third-order valence-electron chi connectivity index (χ3n) is 2.47. The number of methoxy groups -OCH3 is 1. The molecule has 1 rings (SSSR count). The van der Waals surface area contributed by atoms with Crippen LogP contribution >= 0.6 is 0 Å². The fraction of sp³-hybridized carbons (Fsp3) is 0.231. The average Bonchev–Trinajstić information content (AvgIpc) is 2.37. The zero-order chi connectivity index (χ0) is 13.5. The molecule has 3 N–H and O–H groups in total. The molecule has 0 saturated carbocycles. The van der Waals surface area contributed by atoms with Crippen molar-refractivity contribution in [3.8, 4) is 11.8 Å². The van der Waals surface area contributed by atoms with Crippen LogP contribution in [0.1, 0.15) is 12.5 Å². The molecule has 1 amide bonds. The van der Waals surface area contributed by atoms with Gasteiger partial charge in [0.2, 0.25) is 0 Å². The zero-order valence-corrected chi connectivity index (χ0v) is 10.4. The van der Waals surface area contributed by atoms with Gasteiger partial charge in [-0.05, 0) is 13.0 Å². The minimum atomic E-state index is -0.734. The molecule has 0 heterocycles. The Morgan fingerprint density at radius 2 is 2.17 bits per heavy atom. The van der Waals surface area contributed by atoms with E-state index in [1.54, 1.807) is 20.1 Å². The normalized spacial score (nSPS) is 11.2. The molecule has 0 spiro atoms. The maximum atomic E-state index is 11.0. The van der Waals surface area contributed by atoms with Crippen LogP contribution in [-0.2, 0) is 11.3 Å². The molecule has 94 valence electrons. The van der Waals surface area contributed by atoms with Gasteiger partial charge in [-0.15, -0.1) is 0 Å². The highest BCUT2D eigenvalue weighted by molar-refractivity contribution is 5.96. The summed E-state index contributed by atoms with van der Waals surface area (Å²) < 4.78 is 5.20. The molecule has 0 saturated heterocycles. The Morgan fingerprint density at radius 1 is 1.50 bits per heavy atom. The van der Waals surface area contributed by atoms with Crippen molar-refractivity contribution in [2.75, 3.05) is 7.11 Å². The quantitative estimate of drug-likeness (QED) is 0.600. The van der Waals surface area contributed by atoms with Gasteiger partial charge in [0.05, 0.1) is 7.11 Å². The molecule has 0 fully saturated rings. The number of nitrogens with zero attached hydrogens (tertiary/aromatic N) is 1. The monoisotopic (exact) mass is 245 g/mol. The van der Waals surface area contributed by atoms with E-state index in [0.717, 1.165) is 11.3 Å². The third-order valence-corrected chi connectivity index (χ3v) is 2.47. The molecule has 0 aromatic heterocycles. The number of rotatable bonds is 5. The summed E-state index contributed by atoms with van der Waals surface area (Å²) >= 11 is 0. The Hall–Kier alpha value is -2.48. The summed E-state index contributed by atoms with van der Waals surface area (Å²) in [6, 6.07) is 9.28. The van der Waals surface area contributed by atoms with E-state index >= 15 is 0 Å². The van der Waals surface area contributed by atoms with Crippen LogP contribution in [0.4, 0.5) is 0 Å². The maximum Gasteiger partial charge on any atom is 0.261 e. The van der Waals surface area contributed by atoms with E-state index in [1.807, 2.05) is 24.3 Å². The van der Waals surface area contributed by atoms with Crippen molar-refractivity contribution < 1.29 is 9.53 Å². The molecule has 1 aromatic carbocycles. The van der Waals surface area contributed by atoms with Crippen molar-refractivity contribution in [1.82, 2.24) is 5.32 Å². The van der Waals surface area contributed by atoms with E-state index in [9.17, 15) is 4.79 Å². The molecule has 0 aliphatic rings. The highest BCUT2D eigenvalue weighted by atomic mass is 16.5.